The van der Waals surface area contributed by atoms with Gasteiger partial charge < -0.3 is 11.1 Å². The first-order chi connectivity index (χ1) is 7.38. The number of nitrogens with one attached hydrogen (secondary N) is 1. The lowest BCUT2D eigenvalue weighted by molar-refractivity contribution is -0.117. The van der Waals surface area contributed by atoms with Gasteiger partial charge in [0.1, 0.15) is 9.84 Å². The van der Waals surface area contributed by atoms with Crippen LogP contribution in [0.3, 0.4) is 0 Å². The van der Waals surface area contributed by atoms with Crippen LogP contribution in [0.15, 0.2) is 11.6 Å². The molecule has 1 atom stereocenters. The van der Waals surface area contributed by atoms with Gasteiger partial charge in [-0.25, -0.2) is 13.4 Å². The van der Waals surface area contributed by atoms with Crippen molar-refractivity contribution in [2.45, 2.75) is 12.5 Å². The number of nitrogens with zero attached hydrogens (tertiary/aromatic N) is 1. The molecule has 0 saturated heterocycles. The Kier molecular flexibility index (Phi) is 4.39. The minimum Gasteiger partial charge on any atom is -0.320 e. The first kappa shape index (κ1) is 13.1. The fourth-order valence-electron chi connectivity index (χ4n) is 0.955. The lowest BCUT2D eigenvalue weighted by Crippen LogP contribution is -2.37. The summed E-state index contributed by atoms with van der Waals surface area (Å²) in [5, 5.41) is 4.68. The molecular weight excluding hydrogens is 250 g/mol. The summed E-state index contributed by atoms with van der Waals surface area (Å²) in [7, 11) is -3.09. The van der Waals surface area contributed by atoms with Crippen molar-refractivity contribution >= 4 is 32.2 Å². The molecule has 1 unspecified atom stereocenters. The van der Waals surface area contributed by atoms with E-state index in [1.54, 1.807) is 11.6 Å². The molecule has 1 rings (SSSR count). The summed E-state index contributed by atoms with van der Waals surface area (Å²) in [5.41, 5.74) is 5.54. The third-order valence-electron chi connectivity index (χ3n) is 1.80. The van der Waals surface area contributed by atoms with E-state index in [2.05, 4.69) is 10.3 Å². The highest BCUT2D eigenvalue weighted by Gasteiger charge is 2.16. The van der Waals surface area contributed by atoms with Gasteiger partial charge in [-0.1, -0.05) is 0 Å². The number of hydrogen-bond donors (Lipinski definition) is 2. The second-order valence-corrected chi connectivity index (χ2v) is 6.51. The van der Waals surface area contributed by atoms with E-state index in [4.69, 9.17) is 5.73 Å². The SMILES string of the molecule is CS(=O)(=O)CCC(N)C(=O)Nc1nccs1. The molecule has 0 bridgehead atoms. The molecule has 0 aliphatic carbocycles. The van der Waals surface area contributed by atoms with E-state index in [9.17, 15) is 13.2 Å². The van der Waals surface area contributed by atoms with Crippen molar-refractivity contribution in [2.24, 2.45) is 5.73 Å². The van der Waals surface area contributed by atoms with Crippen LogP contribution >= 0.6 is 11.3 Å². The maximum atomic E-state index is 11.5. The predicted octanol–water partition coefficient (Wildman–Crippen LogP) is -0.156. The van der Waals surface area contributed by atoms with E-state index in [-0.39, 0.29) is 12.2 Å². The first-order valence-corrected chi connectivity index (χ1v) is 7.46. The van der Waals surface area contributed by atoms with Gasteiger partial charge in [0.05, 0.1) is 11.8 Å². The topological polar surface area (TPSA) is 102 Å². The van der Waals surface area contributed by atoms with Gasteiger partial charge in [0.25, 0.3) is 0 Å². The molecule has 1 aromatic rings. The second kappa shape index (κ2) is 5.37. The van der Waals surface area contributed by atoms with Crippen molar-refractivity contribution in [3.05, 3.63) is 11.6 Å². The van der Waals surface area contributed by atoms with Crippen LogP contribution in [0.2, 0.25) is 0 Å². The van der Waals surface area contributed by atoms with Crippen LogP contribution in [0.25, 0.3) is 0 Å². The highest BCUT2D eigenvalue weighted by molar-refractivity contribution is 7.90. The number of carbonyl (C=O) groups is 1. The summed E-state index contributed by atoms with van der Waals surface area (Å²) in [6.07, 6.45) is 2.77. The molecule has 0 aliphatic heterocycles. The normalized spacial score (nSPS) is 13.4. The second-order valence-electron chi connectivity index (χ2n) is 3.35. The average molecular weight is 263 g/mol. The monoisotopic (exact) mass is 263 g/mol. The van der Waals surface area contributed by atoms with E-state index < -0.39 is 21.8 Å². The lowest BCUT2D eigenvalue weighted by Gasteiger charge is -2.09. The van der Waals surface area contributed by atoms with Gasteiger partial charge in [-0.15, -0.1) is 11.3 Å². The largest absolute Gasteiger partial charge is 0.320 e. The Morgan fingerprint density at radius 1 is 1.69 bits per heavy atom. The van der Waals surface area contributed by atoms with Gasteiger partial charge in [0.2, 0.25) is 5.91 Å². The van der Waals surface area contributed by atoms with Crippen molar-refractivity contribution in [3.63, 3.8) is 0 Å². The Morgan fingerprint density at radius 3 is 2.88 bits per heavy atom. The number of rotatable bonds is 5. The fraction of sp³-hybridized carbons (Fsp3) is 0.500. The Labute approximate surface area is 97.8 Å². The average Bonchev–Trinajstić information content (AvgIpc) is 2.65. The molecule has 0 fully saturated rings. The quantitative estimate of drug-likeness (QED) is 0.768. The van der Waals surface area contributed by atoms with Crippen LogP contribution in [-0.2, 0) is 14.6 Å². The van der Waals surface area contributed by atoms with Crippen LogP contribution in [0, 0.1) is 0 Å². The number of aromatic nitrogens is 1. The van der Waals surface area contributed by atoms with Crippen molar-refractivity contribution in [1.82, 2.24) is 4.98 Å². The summed E-state index contributed by atoms with van der Waals surface area (Å²) in [4.78, 5) is 15.3. The van der Waals surface area contributed by atoms with Crippen LogP contribution < -0.4 is 11.1 Å². The number of nitrogens with two attached hydrogens (primary N) is 1. The van der Waals surface area contributed by atoms with Gasteiger partial charge >= 0.3 is 0 Å². The molecule has 0 aromatic carbocycles. The number of sulfone groups is 1. The lowest BCUT2D eigenvalue weighted by atomic mass is 10.2. The predicted molar refractivity (Wildman–Crippen MR) is 63.0 cm³/mol. The molecule has 16 heavy (non-hydrogen) atoms. The van der Waals surface area contributed by atoms with E-state index in [1.165, 1.54) is 11.3 Å². The summed E-state index contributed by atoms with van der Waals surface area (Å²) >= 11 is 1.28. The molecule has 1 aromatic heterocycles. The molecule has 0 spiro atoms. The van der Waals surface area contributed by atoms with Crippen LogP contribution in [0.1, 0.15) is 6.42 Å². The molecule has 3 N–H and O–H groups in total. The minimum absolute atomic E-state index is 0.0978. The summed E-state index contributed by atoms with van der Waals surface area (Å²) < 4.78 is 21.8. The third kappa shape index (κ3) is 4.69. The maximum Gasteiger partial charge on any atom is 0.243 e. The number of hydrogen-bond acceptors (Lipinski definition) is 6. The Balaban J connectivity index is 2.42. The highest BCUT2D eigenvalue weighted by atomic mass is 32.2. The van der Waals surface area contributed by atoms with Crippen molar-refractivity contribution in [2.75, 3.05) is 17.3 Å². The summed E-state index contributed by atoms with van der Waals surface area (Å²) in [6, 6.07) is -0.835. The molecule has 6 nitrogen and oxygen atoms in total. The Morgan fingerprint density at radius 2 is 2.38 bits per heavy atom. The van der Waals surface area contributed by atoms with Gasteiger partial charge in [0.15, 0.2) is 5.13 Å². The number of anilines is 1. The van der Waals surface area contributed by atoms with E-state index in [0.717, 1.165) is 6.26 Å². The summed E-state index contributed by atoms with van der Waals surface area (Å²) in [6.45, 7) is 0. The van der Waals surface area contributed by atoms with Crippen molar-refractivity contribution in [3.8, 4) is 0 Å². The Hall–Kier alpha value is -0.990. The molecule has 0 saturated carbocycles. The van der Waals surface area contributed by atoms with Crippen molar-refractivity contribution in [1.29, 1.82) is 0 Å². The number of carbonyl (C=O) groups excluding carboxylic acids is 1. The van der Waals surface area contributed by atoms with Crippen LogP contribution in [0.5, 0.6) is 0 Å². The summed E-state index contributed by atoms with van der Waals surface area (Å²) in [5.74, 6) is -0.516. The van der Waals surface area contributed by atoms with Crippen molar-refractivity contribution < 1.29 is 13.2 Å². The zero-order valence-corrected chi connectivity index (χ0v) is 10.3. The van der Waals surface area contributed by atoms with Gasteiger partial charge in [0, 0.05) is 17.8 Å². The molecule has 0 radical (unpaired) electrons. The fourth-order valence-corrected chi connectivity index (χ4v) is 2.17. The van der Waals surface area contributed by atoms with Gasteiger partial charge in [-0.05, 0) is 6.42 Å². The zero-order chi connectivity index (χ0) is 12.2. The van der Waals surface area contributed by atoms with E-state index in [1.807, 2.05) is 0 Å². The molecular formula is C8H13N3O3S2. The standard InChI is InChI=1S/C8H13N3O3S2/c1-16(13,14)5-2-6(9)7(12)11-8-10-3-4-15-8/h3-4,6H,2,5,9H2,1H3,(H,10,11,12). The molecule has 1 heterocycles. The minimum atomic E-state index is -3.09. The number of thiazole rings is 1. The van der Waals surface area contributed by atoms with E-state index >= 15 is 0 Å². The first-order valence-electron chi connectivity index (χ1n) is 4.52. The van der Waals surface area contributed by atoms with E-state index in [0.29, 0.717) is 5.13 Å². The zero-order valence-electron chi connectivity index (χ0n) is 8.71. The molecule has 1 amide bonds. The molecule has 8 heteroatoms. The highest BCUT2D eigenvalue weighted by Crippen LogP contribution is 2.10. The maximum absolute atomic E-state index is 11.5. The number of amides is 1. The molecule has 90 valence electrons. The van der Waals surface area contributed by atoms with Crippen LogP contribution in [-0.4, -0.2) is 37.4 Å². The third-order valence-corrected chi connectivity index (χ3v) is 3.46. The smallest absolute Gasteiger partial charge is 0.243 e. The van der Waals surface area contributed by atoms with Crippen LogP contribution in [0.4, 0.5) is 5.13 Å². The van der Waals surface area contributed by atoms with Gasteiger partial charge in [-0.2, -0.15) is 0 Å². The Bertz CT molecular complexity index is 441. The van der Waals surface area contributed by atoms with Gasteiger partial charge in [-0.3, -0.25) is 4.79 Å². The molecule has 0 aliphatic rings.